The van der Waals surface area contributed by atoms with E-state index >= 15 is 0 Å². The topological polar surface area (TPSA) is 17.8 Å². The maximum Gasteiger partial charge on any atom is 0.0624 e. The highest BCUT2D eigenvalue weighted by atomic mass is 32.1. The molecule has 0 aromatic carbocycles. The van der Waals surface area contributed by atoms with Crippen LogP contribution < -0.4 is 0 Å². The van der Waals surface area contributed by atoms with Crippen molar-refractivity contribution in [1.82, 2.24) is 9.78 Å². The van der Waals surface area contributed by atoms with Crippen molar-refractivity contribution in [3.05, 3.63) is 17.5 Å². The van der Waals surface area contributed by atoms with Crippen molar-refractivity contribution in [3.63, 3.8) is 0 Å². The average molecular weight is 280 g/mol. The summed E-state index contributed by atoms with van der Waals surface area (Å²) in [6, 6.07) is 2.28. The highest BCUT2D eigenvalue weighted by Crippen LogP contribution is 2.37. The molecule has 2 nitrogen and oxygen atoms in total. The fourth-order valence-electron chi connectivity index (χ4n) is 3.27. The van der Waals surface area contributed by atoms with Crippen LogP contribution in [0.25, 0.3) is 0 Å². The third-order valence-corrected chi connectivity index (χ3v) is 5.29. The molecule has 2 rings (SSSR count). The van der Waals surface area contributed by atoms with Crippen molar-refractivity contribution in [2.24, 2.45) is 5.41 Å². The lowest BCUT2D eigenvalue weighted by Crippen LogP contribution is -2.29. The molecule has 108 valence electrons. The summed E-state index contributed by atoms with van der Waals surface area (Å²) in [5, 5.41) is 4.80. The summed E-state index contributed by atoms with van der Waals surface area (Å²) in [4.78, 5) is 0. The minimum Gasteiger partial charge on any atom is -0.269 e. The van der Waals surface area contributed by atoms with Crippen molar-refractivity contribution in [2.45, 2.75) is 71.8 Å². The van der Waals surface area contributed by atoms with E-state index in [1.165, 1.54) is 49.9 Å². The Bertz CT molecular complexity index is 389. The first-order chi connectivity index (χ1) is 9.23. The molecule has 3 heteroatoms. The Labute approximate surface area is 123 Å². The molecule has 0 N–H and O–H groups in total. The summed E-state index contributed by atoms with van der Waals surface area (Å²) >= 11 is 4.68. The lowest BCUT2D eigenvalue weighted by atomic mass is 9.82. The molecule has 19 heavy (non-hydrogen) atoms. The van der Waals surface area contributed by atoms with Gasteiger partial charge >= 0.3 is 0 Å². The monoisotopic (exact) mass is 280 g/mol. The molecule has 1 aliphatic rings. The van der Waals surface area contributed by atoms with Gasteiger partial charge in [-0.25, -0.2) is 0 Å². The average Bonchev–Trinajstić information content (AvgIpc) is 2.68. The van der Waals surface area contributed by atoms with Gasteiger partial charge in [0.05, 0.1) is 5.69 Å². The maximum absolute atomic E-state index is 4.80. The Morgan fingerprint density at radius 1 is 1.16 bits per heavy atom. The quantitative estimate of drug-likeness (QED) is 0.629. The van der Waals surface area contributed by atoms with Crippen LogP contribution in [0.2, 0.25) is 0 Å². The van der Waals surface area contributed by atoms with Crippen molar-refractivity contribution >= 4 is 12.6 Å². The SMILES string of the molecule is CCc1cc(CC)n(CC2(CS)CCCCCC2)n1. The van der Waals surface area contributed by atoms with Crippen LogP contribution in [0.3, 0.4) is 0 Å². The van der Waals surface area contributed by atoms with Crippen LogP contribution in [0.15, 0.2) is 6.07 Å². The fraction of sp³-hybridized carbons (Fsp3) is 0.812. The number of nitrogens with zero attached hydrogens (tertiary/aromatic N) is 2. The van der Waals surface area contributed by atoms with Crippen LogP contribution in [0.5, 0.6) is 0 Å². The molecule has 1 heterocycles. The second kappa shape index (κ2) is 6.83. The number of aryl methyl sites for hydroxylation is 2. The summed E-state index contributed by atoms with van der Waals surface area (Å²) in [6.45, 7) is 5.49. The predicted octanol–water partition coefficient (Wildman–Crippen LogP) is 4.28. The molecule has 0 spiro atoms. The van der Waals surface area contributed by atoms with Gasteiger partial charge in [0.15, 0.2) is 0 Å². The zero-order valence-corrected chi connectivity index (χ0v) is 13.4. The van der Waals surface area contributed by atoms with Crippen molar-refractivity contribution in [1.29, 1.82) is 0 Å². The summed E-state index contributed by atoms with van der Waals surface area (Å²) in [6.07, 6.45) is 10.3. The summed E-state index contributed by atoms with van der Waals surface area (Å²) in [7, 11) is 0. The predicted molar refractivity (Wildman–Crippen MR) is 85.0 cm³/mol. The van der Waals surface area contributed by atoms with Crippen LogP contribution in [-0.2, 0) is 19.4 Å². The van der Waals surface area contributed by atoms with Crippen LogP contribution in [0.4, 0.5) is 0 Å². The standard InChI is InChI=1S/C16H28N2S/c1-3-14-11-15(4-2)18(17-14)12-16(13-19)9-7-5-6-8-10-16/h11,19H,3-10,12-13H2,1-2H3. The zero-order valence-electron chi connectivity index (χ0n) is 12.5. The molecule has 1 fully saturated rings. The molecule has 1 aromatic heterocycles. The van der Waals surface area contributed by atoms with Crippen molar-refractivity contribution in [3.8, 4) is 0 Å². The van der Waals surface area contributed by atoms with Gasteiger partial charge in [0.1, 0.15) is 0 Å². The van der Waals surface area contributed by atoms with E-state index in [1.54, 1.807) is 0 Å². The molecule has 0 bridgehead atoms. The van der Waals surface area contributed by atoms with Crippen LogP contribution in [-0.4, -0.2) is 15.5 Å². The van der Waals surface area contributed by atoms with Gasteiger partial charge in [-0.1, -0.05) is 39.5 Å². The lowest BCUT2D eigenvalue weighted by molar-refractivity contribution is 0.227. The normalized spacial score (nSPS) is 19.3. The van der Waals surface area contributed by atoms with Gasteiger partial charge < -0.3 is 0 Å². The Morgan fingerprint density at radius 3 is 2.37 bits per heavy atom. The number of hydrogen-bond donors (Lipinski definition) is 1. The molecule has 1 aromatic rings. The van der Waals surface area contributed by atoms with Crippen molar-refractivity contribution in [2.75, 3.05) is 5.75 Å². The second-order valence-corrected chi connectivity index (χ2v) is 6.38. The van der Waals surface area contributed by atoms with Crippen LogP contribution in [0, 0.1) is 5.41 Å². The van der Waals surface area contributed by atoms with Gasteiger partial charge in [-0.2, -0.15) is 17.7 Å². The summed E-state index contributed by atoms with van der Waals surface area (Å²) in [5.74, 6) is 0.997. The van der Waals surface area contributed by atoms with Gasteiger partial charge in [-0.05, 0) is 42.9 Å². The summed E-state index contributed by atoms with van der Waals surface area (Å²) < 4.78 is 2.28. The third kappa shape index (κ3) is 3.56. The lowest BCUT2D eigenvalue weighted by Gasteiger charge is -2.31. The van der Waals surface area contributed by atoms with E-state index in [1.807, 2.05) is 0 Å². The Hall–Kier alpha value is -0.440. The van der Waals surface area contributed by atoms with E-state index < -0.39 is 0 Å². The summed E-state index contributed by atoms with van der Waals surface area (Å²) in [5.41, 5.74) is 3.00. The van der Waals surface area contributed by atoms with Crippen LogP contribution >= 0.6 is 12.6 Å². The molecule has 0 aliphatic heterocycles. The third-order valence-electron chi connectivity index (χ3n) is 4.62. The van der Waals surface area contributed by atoms with Gasteiger partial charge in [-0.15, -0.1) is 0 Å². The molecule has 1 aliphatic carbocycles. The maximum atomic E-state index is 4.80. The number of hydrogen-bond acceptors (Lipinski definition) is 2. The fourth-order valence-corrected chi connectivity index (χ4v) is 3.69. The first-order valence-corrected chi connectivity index (χ1v) is 8.53. The van der Waals surface area contributed by atoms with E-state index in [2.05, 4.69) is 37.2 Å². The Morgan fingerprint density at radius 2 is 1.84 bits per heavy atom. The van der Waals surface area contributed by atoms with E-state index in [9.17, 15) is 0 Å². The molecule has 1 saturated carbocycles. The number of thiol groups is 1. The van der Waals surface area contributed by atoms with E-state index in [0.717, 1.165) is 25.1 Å². The minimum absolute atomic E-state index is 0.376. The smallest absolute Gasteiger partial charge is 0.0624 e. The largest absolute Gasteiger partial charge is 0.269 e. The van der Waals surface area contributed by atoms with Gasteiger partial charge in [0, 0.05) is 12.2 Å². The zero-order chi connectivity index (χ0) is 13.7. The van der Waals surface area contributed by atoms with E-state index in [4.69, 9.17) is 5.10 Å². The molecular weight excluding hydrogens is 252 g/mol. The molecule has 0 atom stereocenters. The number of aromatic nitrogens is 2. The molecule has 0 saturated heterocycles. The van der Waals surface area contributed by atoms with Gasteiger partial charge in [-0.3, -0.25) is 4.68 Å². The minimum atomic E-state index is 0.376. The first-order valence-electron chi connectivity index (χ1n) is 7.89. The van der Waals surface area contributed by atoms with E-state index in [-0.39, 0.29) is 0 Å². The molecule has 0 unspecified atom stereocenters. The number of rotatable bonds is 5. The van der Waals surface area contributed by atoms with Gasteiger partial charge in [0.2, 0.25) is 0 Å². The Balaban J connectivity index is 2.18. The molecule has 0 amide bonds. The molecular formula is C16H28N2S. The van der Waals surface area contributed by atoms with Crippen molar-refractivity contribution < 1.29 is 0 Å². The highest BCUT2D eigenvalue weighted by Gasteiger charge is 2.31. The van der Waals surface area contributed by atoms with E-state index in [0.29, 0.717) is 5.41 Å². The molecule has 0 radical (unpaired) electrons. The van der Waals surface area contributed by atoms with Crippen LogP contribution in [0.1, 0.15) is 63.8 Å². The Kier molecular flexibility index (Phi) is 5.37. The second-order valence-electron chi connectivity index (χ2n) is 6.06. The first kappa shape index (κ1) is 15.0. The highest BCUT2D eigenvalue weighted by molar-refractivity contribution is 7.80. The van der Waals surface area contributed by atoms with Gasteiger partial charge in [0.25, 0.3) is 0 Å².